The standard InChI is InChI=1S/C16H26N2O3/c1-3-8-18(13-16(19)20-2)9-5-10-21-15-7-4-6-14(11-15)12-17/h4,6-7,11H,3,5,8-10,12-13,17H2,1-2H3. The molecular formula is C16H26N2O3. The lowest BCUT2D eigenvalue weighted by atomic mass is 10.2. The van der Waals surface area contributed by atoms with Gasteiger partial charge in [0.1, 0.15) is 5.75 Å². The van der Waals surface area contributed by atoms with Crippen molar-refractivity contribution >= 4 is 5.97 Å². The van der Waals surface area contributed by atoms with E-state index in [1.54, 1.807) is 0 Å². The zero-order chi connectivity index (χ0) is 15.5. The zero-order valence-electron chi connectivity index (χ0n) is 13.0. The minimum absolute atomic E-state index is 0.194. The van der Waals surface area contributed by atoms with Crippen molar-refractivity contribution < 1.29 is 14.3 Å². The third-order valence-electron chi connectivity index (χ3n) is 3.14. The molecule has 21 heavy (non-hydrogen) atoms. The average molecular weight is 294 g/mol. The number of hydrogen-bond donors (Lipinski definition) is 1. The Balaban J connectivity index is 2.31. The lowest BCUT2D eigenvalue weighted by Gasteiger charge is -2.20. The fourth-order valence-corrected chi connectivity index (χ4v) is 2.07. The summed E-state index contributed by atoms with van der Waals surface area (Å²) in [4.78, 5) is 13.4. The molecule has 0 fully saturated rings. The van der Waals surface area contributed by atoms with Crippen molar-refractivity contribution in [1.29, 1.82) is 0 Å². The number of benzene rings is 1. The number of hydrogen-bond acceptors (Lipinski definition) is 5. The highest BCUT2D eigenvalue weighted by Crippen LogP contribution is 2.13. The van der Waals surface area contributed by atoms with Gasteiger partial charge < -0.3 is 15.2 Å². The minimum Gasteiger partial charge on any atom is -0.494 e. The van der Waals surface area contributed by atoms with E-state index >= 15 is 0 Å². The largest absolute Gasteiger partial charge is 0.494 e. The molecule has 2 N–H and O–H groups in total. The van der Waals surface area contributed by atoms with Gasteiger partial charge in [-0.3, -0.25) is 9.69 Å². The normalized spacial score (nSPS) is 10.7. The van der Waals surface area contributed by atoms with Crippen molar-refractivity contribution in [2.45, 2.75) is 26.3 Å². The maximum absolute atomic E-state index is 11.3. The maximum Gasteiger partial charge on any atom is 0.319 e. The van der Waals surface area contributed by atoms with Crippen LogP contribution >= 0.6 is 0 Å². The van der Waals surface area contributed by atoms with Crippen LogP contribution in [-0.2, 0) is 16.1 Å². The molecule has 0 saturated carbocycles. The van der Waals surface area contributed by atoms with Crippen LogP contribution in [0, 0.1) is 0 Å². The monoisotopic (exact) mass is 294 g/mol. The molecule has 0 unspecified atom stereocenters. The van der Waals surface area contributed by atoms with Gasteiger partial charge in [-0.1, -0.05) is 19.1 Å². The molecule has 0 aliphatic carbocycles. The van der Waals surface area contributed by atoms with Crippen LogP contribution in [0.15, 0.2) is 24.3 Å². The summed E-state index contributed by atoms with van der Waals surface area (Å²) in [5.74, 6) is 0.646. The van der Waals surface area contributed by atoms with E-state index in [1.165, 1.54) is 7.11 Å². The van der Waals surface area contributed by atoms with Crippen molar-refractivity contribution in [3.63, 3.8) is 0 Å². The summed E-state index contributed by atoms with van der Waals surface area (Å²) in [6, 6.07) is 7.81. The smallest absolute Gasteiger partial charge is 0.319 e. The van der Waals surface area contributed by atoms with Crippen LogP contribution in [0.1, 0.15) is 25.3 Å². The second-order valence-electron chi connectivity index (χ2n) is 4.91. The Morgan fingerprint density at radius 3 is 2.81 bits per heavy atom. The van der Waals surface area contributed by atoms with E-state index in [9.17, 15) is 4.79 Å². The number of rotatable bonds is 10. The van der Waals surface area contributed by atoms with E-state index in [0.717, 1.165) is 37.2 Å². The van der Waals surface area contributed by atoms with Crippen molar-refractivity contribution in [3.05, 3.63) is 29.8 Å². The minimum atomic E-state index is -0.194. The Bertz CT molecular complexity index is 424. The first-order chi connectivity index (χ1) is 10.2. The van der Waals surface area contributed by atoms with Gasteiger partial charge in [-0.05, 0) is 37.1 Å². The van der Waals surface area contributed by atoms with Crippen LogP contribution in [0.3, 0.4) is 0 Å². The molecule has 1 rings (SSSR count). The topological polar surface area (TPSA) is 64.8 Å². The molecular weight excluding hydrogens is 268 g/mol. The van der Waals surface area contributed by atoms with Gasteiger partial charge in [0, 0.05) is 13.1 Å². The van der Waals surface area contributed by atoms with Gasteiger partial charge in [0.15, 0.2) is 0 Å². The summed E-state index contributed by atoms with van der Waals surface area (Å²) in [6.45, 7) is 5.28. The van der Waals surface area contributed by atoms with E-state index in [4.69, 9.17) is 15.2 Å². The Morgan fingerprint density at radius 1 is 1.33 bits per heavy atom. The lowest BCUT2D eigenvalue weighted by molar-refractivity contribution is -0.141. The Morgan fingerprint density at radius 2 is 2.14 bits per heavy atom. The van der Waals surface area contributed by atoms with Gasteiger partial charge in [0.05, 0.1) is 20.3 Å². The summed E-state index contributed by atoms with van der Waals surface area (Å²) in [7, 11) is 1.42. The Kier molecular flexibility index (Phi) is 8.47. The molecule has 5 nitrogen and oxygen atoms in total. The second-order valence-corrected chi connectivity index (χ2v) is 4.91. The van der Waals surface area contributed by atoms with E-state index in [1.807, 2.05) is 24.3 Å². The summed E-state index contributed by atoms with van der Waals surface area (Å²) in [6.07, 6.45) is 1.88. The van der Waals surface area contributed by atoms with Crippen molar-refractivity contribution in [3.8, 4) is 5.75 Å². The lowest BCUT2D eigenvalue weighted by Crippen LogP contribution is -2.32. The van der Waals surface area contributed by atoms with Gasteiger partial charge in [-0.25, -0.2) is 0 Å². The summed E-state index contributed by atoms with van der Waals surface area (Å²) in [5.41, 5.74) is 6.66. The van der Waals surface area contributed by atoms with Gasteiger partial charge in [-0.15, -0.1) is 0 Å². The van der Waals surface area contributed by atoms with Gasteiger partial charge in [0.2, 0.25) is 0 Å². The molecule has 0 amide bonds. The molecule has 0 spiro atoms. The first-order valence-corrected chi connectivity index (χ1v) is 7.40. The number of nitrogens with two attached hydrogens (primary N) is 1. The third kappa shape index (κ3) is 7.11. The third-order valence-corrected chi connectivity index (χ3v) is 3.14. The predicted octanol–water partition coefficient (Wildman–Crippen LogP) is 1.80. The molecule has 1 aromatic rings. The van der Waals surface area contributed by atoms with Gasteiger partial charge >= 0.3 is 5.97 Å². The molecule has 0 radical (unpaired) electrons. The first kappa shape index (κ1) is 17.5. The summed E-state index contributed by atoms with van der Waals surface area (Å²) < 4.78 is 10.4. The first-order valence-electron chi connectivity index (χ1n) is 7.40. The second kappa shape index (κ2) is 10.2. The van der Waals surface area contributed by atoms with E-state index in [0.29, 0.717) is 19.7 Å². The number of carbonyl (C=O) groups excluding carboxylic acids is 1. The van der Waals surface area contributed by atoms with Gasteiger partial charge in [-0.2, -0.15) is 0 Å². The number of esters is 1. The highest BCUT2D eigenvalue weighted by Gasteiger charge is 2.09. The van der Waals surface area contributed by atoms with Crippen molar-refractivity contribution in [2.24, 2.45) is 5.73 Å². The fraction of sp³-hybridized carbons (Fsp3) is 0.562. The molecule has 118 valence electrons. The summed E-state index contributed by atoms with van der Waals surface area (Å²) in [5, 5.41) is 0. The number of nitrogens with zero attached hydrogens (tertiary/aromatic N) is 1. The van der Waals surface area contributed by atoms with Crippen LogP contribution in [-0.4, -0.2) is 44.2 Å². The van der Waals surface area contributed by atoms with Crippen LogP contribution < -0.4 is 10.5 Å². The van der Waals surface area contributed by atoms with E-state index < -0.39 is 0 Å². The summed E-state index contributed by atoms with van der Waals surface area (Å²) >= 11 is 0. The molecule has 0 aliphatic heterocycles. The number of carbonyl (C=O) groups is 1. The predicted molar refractivity (Wildman–Crippen MR) is 83.2 cm³/mol. The number of ether oxygens (including phenoxy) is 2. The Labute approximate surface area is 127 Å². The average Bonchev–Trinajstić information content (AvgIpc) is 2.51. The maximum atomic E-state index is 11.3. The molecule has 0 heterocycles. The van der Waals surface area contributed by atoms with Crippen LogP contribution in [0.25, 0.3) is 0 Å². The number of methoxy groups -OCH3 is 1. The molecule has 0 aliphatic rings. The molecule has 1 aromatic carbocycles. The molecule has 0 bridgehead atoms. The SMILES string of the molecule is CCCN(CCCOc1cccc(CN)c1)CC(=O)OC. The quantitative estimate of drug-likeness (QED) is 0.526. The van der Waals surface area contributed by atoms with E-state index in [2.05, 4.69) is 11.8 Å². The van der Waals surface area contributed by atoms with Gasteiger partial charge in [0.25, 0.3) is 0 Å². The van der Waals surface area contributed by atoms with E-state index in [-0.39, 0.29) is 5.97 Å². The van der Waals surface area contributed by atoms with Crippen molar-refractivity contribution in [2.75, 3.05) is 33.4 Å². The van der Waals surface area contributed by atoms with Crippen LogP contribution in [0.5, 0.6) is 5.75 Å². The van der Waals surface area contributed by atoms with Crippen LogP contribution in [0.2, 0.25) is 0 Å². The molecule has 5 heteroatoms. The zero-order valence-corrected chi connectivity index (χ0v) is 13.0. The van der Waals surface area contributed by atoms with Crippen LogP contribution in [0.4, 0.5) is 0 Å². The fourth-order valence-electron chi connectivity index (χ4n) is 2.07. The molecule has 0 aromatic heterocycles. The highest BCUT2D eigenvalue weighted by molar-refractivity contribution is 5.71. The Hall–Kier alpha value is -1.59. The highest BCUT2D eigenvalue weighted by atomic mass is 16.5. The molecule has 0 saturated heterocycles. The van der Waals surface area contributed by atoms with Crippen molar-refractivity contribution in [1.82, 2.24) is 4.90 Å². The molecule has 0 atom stereocenters.